The molecule has 0 aromatic rings. The average molecular weight is 156 g/mol. The van der Waals surface area contributed by atoms with Crippen LogP contribution < -0.4 is 0 Å². The van der Waals surface area contributed by atoms with Gasteiger partial charge in [-0.25, -0.2) is 0 Å². The van der Waals surface area contributed by atoms with Crippen molar-refractivity contribution in [2.45, 2.75) is 46.1 Å². The highest BCUT2D eigenvalue weighted by Crippen LogP contribution is 2.39. The van der Waals surface area contributed by atoms with Crippen molar-refractivity contribution in [1.82, 2.24) is 0 Å². The molecule has 1 N–H and O–H groups in total. The van der Waals surface area contributed by atoms with Gasteiger partial charge in [-0.05, 0) is 37.5 Å². The van der Waals surface area contributed by atoms with Crippen LogP contribution in [0.3, 0.4) is 0 Å². The fraction of sp³-hybridized carbons (Fsp3) is 1.00. The first-order valence-corrected chi connectivity index (χ1v) is 4.65. The SMILES string of the molecule is CC1CC(C)(O)C[C@@H](C)C1C. The molecule has 0 heterocycles. The van der Waals surface area contributed by atoms with Crippen molar-refractivity contribution in [3.05, 3.63) is 0 Å². The summed E-state index contributed by atoms with van der Waals surface area (Å²) in [6.45, 7) is 8.75. The molecule has 0 spiro atoms. The molecule has 0 aromatic heterocycles. The molecule has 3 unspecified atom stereocenters. The minimum Gasteiger partial charge on any atom is -0.390 e. The van der Waals surface area contributed by atoms with E-state index in [4.69, 9.17) is 0 Å². The lowest BCUT2D eigenvalue weighted by atomic mass is 9.68. The van der Waals surface area contributed by atoms with E-state index in [1.165, 1.54) is 0 Å². The monoisotopic (exact) mass is 156 g/mol. The van der Waals surface area contributed by atoms with Gasteiger partial charge in [-0.2, -0.15) is 0 Å². The lowest BCUT2D eigenvalue weighted by molar-refractivity contribution is -0.0368. The number of hydrogen-bond donors (Lipinski definition) is 1. The maximum atomic E-state index is 9.83. The smallest absolute Gasteiger partial charge is 0.0625 e. The van der Waals surface area contributed by atoms with Crippen LogP contribution in [0.2, 0.25) is 0 Å². The summed E-state index contributed by atoms with van der Waals surface area (Å²) in [7, 11) is 0. The molecule has 1 aliphatic carbocycles. The van der Waals surface area contributed by atoms with Crippen LogP contribution in [0.4, 0.5) is 0 Å². The van der Waals surface area contributed by atoms with Gasteiger partial charge in [0.05, 0.1) is 5.60 Å². The highest BCUT2D eigenvalue weighted by molar-refractivity contribution is 4.87. The second-order valence-corrected chi connectivity index (χ2v) is 4.72. The van der Waals surface area contributed by atoms with E-state index in [1.54, 1.807) is 0 Å². The van der Waals surface area contributed by atoms with Gasteiger partial charge in [-0.1, -0.05) is 20.8 Å². The molecule has 0 amide bonds. The van der Waals surface area contributed by atoms with E-state index in [9.17, 15) is 5.11 Å². The zero-order chi connectivity index (χ0) is 8.65. The van der Waals surface area contributed by atoms with Gasteiger partial charge in [-0.3, -0.25) is 0 Å². The van der Waals surface area contributed by atoms with Gasteiger partial charge in [0.25, 0.3) is 0 Å². The second-order valence-electron chi connectivity index (χ2n) is 4.72. The van der Waals surface area contributed by atoms with Crippen molar-refractivity contribution in [2.75, 3.05) is 0 Å². The van der Waals surface area contributed by atoms with Crippen LogP contribution in [0.1, 0.15) is 40.5 Å². The zero-order valence-electron chi connectivity index (χ0n) is 8.09. The predicted octanol–water partition coefficient (Wildman–Crippen LogP) is 2.44. The largest absolute Gasteiger partial charge is 0.390 e. The summed E-state index contributed by atoms with van der Waals surface area (Å²) in [5.74, 6) is 2.12. The van der Waals surface area contributed by atoms with Crippen molar-refractivity contribution < 1.29 is 5.11 Å². The molecule has 1 aliphatic rings. The van der Waals surface area contributed by atoms with E-state index >= 15 is 0 Å². The van der Waals surface area contributed by atoms with Gasteiger partial charge in [0.15, 0.2) is 0 Å². The summed E-state index contributed by atoms with van der Waals surface area (Å²) in [6, 6.07) is 0. The highest BCUT2D eigenvalue weighted by Gasteiger charge is 2.36. The van der Waals surface area contributed by atoms with Crippen LogP contribution in [0, 0.1) is 17.8 Å². The van der Waals surface area contributed by atoms with Crippen LogP contribution in [0.15, 0.2) is 0 Å². The van der Waals surface area contributed by atoms with E-state index in [0.717, 1.165) is 18.8 Å². The minimum atomic E-state index is -0.397. The molecule has 4 atom stereocenters. The number of aliphatic hydroxyl groups is 1. The first-order valence-electron chi connectivity index (χ1n) is 4.65. The molecule has 1 saturated carbocycles. The Kier molecular flexibility index (Phi) is 2.29. The Morgan fingerprint density at radius 3 is 1.82 bits per heavy atom. The normalized spacial score (nSPS) is 52.6. The Morgan fingerprint density at radius 1 is 1.09 bits per heavy atom. The summed E-state index contributed by atoms with van der Waals surface area (Å²) in [4.78, 5) is 0. The lowest BCUT2D eigenvalue weighted by Gasteiger charge is -2.41. The first-order chi connectivity index (χ1) is 4.92. The van der Waals surface area contributed by atoms with Crippen molar-refractivity contribution in [3.63, 3.8) is 0 Å². The molecule has 1 heteroatoms. The predicted molar refractivity (Wildman–Crippen MR) is 47.3 cm³/mol. The Hall–Kier alpha value is -0.0400. The standard InChI is InChI=1S/C10H20O/c1-7-5-10(4,11)6-8(2)9(7)3/h7-9,11H,5-6H2,1-4H3/t7-,8?,9?,10?/m1/s1. The van der Waals surface area contributed by atoms with Crippen LogP contribution in [0.25, 0.3) is 0 Å². The molecule has 11 heavy (non-hydrogen) atoms. The van der Waals surface area contributed by atoms with Gasteiger partial charge in [0, 0.05) is 0 Å². The van der Waals surface area contributed by atoms with E-state index in [-0.39, 0.29) is 0 Å². The molecule has 0 saturated heterocycles. The van der Waals surface area contributed by atoms with E-state index in [0.29, 0.717) is 11.8 Å². The van der Waals surface area contributed by atoms with Crippen molar-refractivity contribution >= 4 is 0 Å². The molecule has 1 nitrogen and oxygen atoms in total. The molecule has 1 rings (SSSR count). The maximum Gasteiger partial charge on any atom is 0.0625 e. The van der Waals surface area contributed by atoms with Gasteiger partial charge in [0.2, 0.25) is 0 Å². The number of rotatable bonds is 0. The summed E-state index contributed by atoms with van der Waals surface area (Å²) >= 11 is 0. The quantitative estimate of drug-likeness (QED) is 0.571. The van der Waals surface area contributed by atoms with Crippen molar-refractivity contribution in [3.8, 4) is 0 Å². The third-order valence-electron chi connectivity index (χ3n) is 3.32. The molecule has 0 radical (unpaired) electrons. The van der Waals surface area contributed by atoms with Crippen LogP contribution in [-0.2, 0) is 0 Å². The third-order valence-corrected chi connectivity index (χ3v) is 3.32. The van der Waals surface area contributed by atoms with Crippen molar-refractivity contribution in [1.29, 1.82) is 0 Å². The van der Waals surface area contributed by atoms with Crippen LogP contribution in [0.5, 0.6) is 0 Å². The number of hydrogen-bond acceptors (Lipinski definition) is 1. The molecular weight excluding hydrogens is 136 g/mol. The van der Waals surface area contributed by atoms with Crippen LogP contribution >= 0.6 is 0 Å². The molecular formula is C10H20O. The van der Waals surface area contributed by atoms with Crippen LogP contribution in [-0.4, -0.2) is 10.7 Å². The molecule has 0 aliphatic heterocycles. The van der Waals surface area contributed by atoms with E-state index in [1.807, 2.05) is 6.92 Å². The Labute approximate surface area is 69.8 Å². The fourth-order valence-corrected chi connectivity index (χ4v) is 2.40. The highest BCUT2D eigenvalue weighted by atomic mass is 16.3. The van der Waals surface area contributed by atoms with Gasteiger partial charge in [0.1, 0.15) is 0 Å². The molecule has 1 fully saturated rings. The Balaban J connectivity index is 2.62. The Bertz CT molecular complexity index is 126. The van der Waals surface area contributed by atoms with Gasteiger partial charge in [-0.15, -0.1) is 0 Å². The topological polar surface area (TPSA) is 20.2 Å². The van der Waals surface area contributed by atoms with Gasteiger partial charge >= 0.3 is 0 Å². The zero-order valence-corrected chi connectivity index (χ0v) is 8.09. The second kappa shape index (κ2) is 2.78. The van der Waals surface area contributed by atoms with Crippen molar-refractivity contribution in [2.24, 2.45) is 17.8 Å². The summed E-state index contributed by atoms with van der Waals surface area (Å²) in [6.07, 6.45) is 1.94. The lowest BCUT2D eigenvalue weighted by Crippen LogP contribution is -2.39. The van der Waals surface area contributed by atoms with E-state index in [2.05, 4.69) is 20.8 Å². The van der Waals surface area contributed by atoms with Gasteiger partial charge < -0.3 is 5.11 Å². The van der Waals surface area contributed by atoms with E-state index < -0.39 is 5.60 Å². The third kappa shape index (κ3) is 1.96. The Morgan fingerprint density at radius 2 is 1.45 bits per heavy atom. The minimum absolute atomic E-state index is 0.397. The molecule has 0 bridgehead atoms. The fourth-order valence-electron chi connectivity index (χ4n) is 2.40. The summed E-state index contributed by atoms with van der Waals surface area (Å²) < 4.78 is 0. The first kappa shape index (κ1) is 9.05. The molecule has 0 aromatic carbocycles. The maximum absolute atomic E-state index is 9.83. The summed E-state index contributed by atoms with van der Waals surface area (Å²) in [5.41, 5.74) is -0.397. The average Bonchev–Trinajstić information content (AvgIpc) is 1.81. The summed E-state index contributed by atoms with van der Waals surface area (Å²) in [5, 5.41) is 9.83. The molecule has 66 valence electrons.